The average Bonchev–Trinajstić information content (AvgIpc) is 3.09. The van der Waals surface area contributed by atoms with Gasteiger partial charge in [0.2, 0.25) is 0 Å². The van der Waals surface area contributed by atoms with E-state index in [0.29, 0.717) is 12.2 Å². The van der Waals surface area contributed by atoms with Gasteiger partial charge in [-0.1, -0.05) is 49.4 Å². The fourth-order valence-electron chi connectivity index (χ4n) is 3.92. The lowest BCUT2D eigenvalue weighted by molar-refractivity contribution is -0.121. The van der Waals surface area contributed by atoms with Crippen LogP contribution in [0.2, 0.25) is 0 Å². The second-order valence-corrected chi connectivity index (χ2v) is 6.81. The Morgan fingerprint density at radius 2 is 1.86 bits per heavy atom. The van der Waals surface area contributed by atoms with Crippen molar-refractivity contribution in [3.8, 4) is 5.75 Å². The van der Waals surface area contributed by atoms with Crippen LogP contribution in [0.5, 0.6) is 5.75 Å². The lowest BCUT2D eigenvalue weighted by Gasteiger charge is -2.38. The summed E-state index contributed by atoms with van der Waals surface area (Å²) in [5, 5.41) is 7.18. The smallest absolute Gasteiger partial charge is 0.150 e. The highest BCUT2D eigenvalue weighted by Gasteiger charge is 2.51. The number of hydrogen-bond donors (Lipinski definition) is 2. The third-order valence-electron chi connectivity index (χ3n) is 5.22. The van der Waals surface area contributed by atoms with Crippen LogP contribution in [0.15, 0.2) is 72.9 Å². The van der Waals surface area contributed by atoms with E-state index in [2.05, 4.69) is 15.6 Å². The lowest BCUT2D eigenvalue weighted by Crippen LogP contribution is -2.47. The summed E-state index contributed by atoms with van der Waals surface area (Å²) in [5.41, 5.74) is 2.54. The molecule has 142 valence electrons. The molecule has 0 amide bonds. The molecule has 5 heteroatoms. The summed E-state index contributed by atoms with van der Waals surface area (Å²) >= 11 is 0. The van der Waals surface area contributed by atoms with E-state index in [9.17, 15) is 4.79 Å². The number of nitrogens with one attached hydrogen (secondary N) is 2. The number of ketones is 1. The maximum absolute atomic E-state index is 13.2. The van der Waals surface area contributed by atoms with Gasteiger partial charge in [-0.2, -0.15) is 0 Å². The number of rotatable bonds is 6. The quantitative estimate of drug-likeness (QED) is 0.664. The molecule has 1 aliphatic rings. The Balaban J connectivity index is 1.92. The first-order valence-electron chi connectivity index (χ1n) is 9.42. The molecule has 0 spiro atoms. The van der Waals surface area contributed by atoms with Crippen molar-refractivity contribution in [1.29, 1.82) is 0 Å². The van der Waals surface area contributed by atoms with Gasteiger partial charge in [0.05, 0.1) is 24.2 Å². The minimum absolute atomic E-state index is 0.121. The number of carbonyl (C=O) groups excluding carboxylic acids is 1. The van der Waals surface area contributed by atoms with E-state index < -0.39 is 11.6 Å². The van der Waals surface area contributed by atoms with Crippen LogP contribution < -0.4 is 15.4 Å². The third kappa shape index (κ3) is 2.89. The number of methoxy groups -OCH3 is 1. The van der Waals surface area contributed by atoms with Crippen molar-refractivity contribution in [2.45, 2.75) is 24.9 Å². The van der Waals surface area contributed by atoms with E-state index >= 15 is 0 Å². The van der Waals surface area contributed by atoms with Gasteiger partial charge in [0.15, 0.2) is 5.66 Å². The molecular weight excluding hydrogens is 350 g/mol. The van der Waals surface area contributed by atoms with Gasteiger partial charge in [-0.15, -0.1) is 0 Å². The number of para-hydroxylation sites is 2. The lowest BCUT2D eigenvalue weighted by atomic mass is 9.82. The van der Waals surface area contributed by atoms with Crippen molar-refractivity contribution in [3.63, 3.8) is 0 Å². The molecule has 2 unspecified atom stereocenters. The van der Waals surface area contributed by atoms with Crippen LogP contribution in [0.25, 0.3) is 0 Å². The second kappa shape index (κ2) is 7.35. The zero-order chi connectivity index (χ0) is 19.6. The van der Waals surface area contributed by atoms with Crippen molar-refractivity contribution < 1.29 is 9.53 Å². The molecule has 1 aromatic heterocycles. The van der Waals surface area contributed by atoms with Crippen LogP contribution in [0.3, 0.4) is 0 Å². The summed E-state index contributed by atoms with van der Waals surface area (Å²) in [5.74, 6) is 0.364. The van der Waals surface area contributed by atoms with Crippen LogP contribution in [0, 0.1) is 0 Å². The molecule has 0 saturated heterocycles. The first-order chi connectivity index (χ1) is 13.7. The summed E-state index contributed by atoms with van der Waals surface area (Å²) in [6.07, 6.45) is 2.16. The predicted molar refractivity (Wildman–Crippen MR) is 111 cm³/mol. The highest BCUT2D eigenvalue weighted by molar-refractivity contribution is 5.92. The number of nitrogens with zero attached hydrogens (tertiary/aromatic N) is 1. The van der Waals surface area contributed by atoms with Gasteiger partial charge < -0.3 is 15.4 Å². The van der Waals surface area contributed by atoms with Crippen molar-refractivity contribution in [2.24, 2.45) is 0 Å². The number of ether oxygens (including phenoxy) is 1. The number of fused-ring (bicyclic) bond motifs is 1. The minimum atomic E-state index is -0.861. The Labute approximate surface area is 164 Å². The summed E-state index contributed by atoms with van der Waals surface area (Å²) in [4.78, 5) is 17.7. The Hall–Kier alpha value is -3.34. The molecule has 28 heavy (non-hydrogen) atoms. The van der Waals surface area contributed by atoms with Gasteiger partial charge in [-0.25, -0.2) is 0 Å². The number of hydrogen-bond acceptors (Lipinski definition) is 5. The summed E-state index contributed by atoms with van der Waals surface area (Å²) in [6, 6.07) is 21.5. The SMILES string of the molecule is CCC(=O)C1c2ncccc2NC1(Nc1ccccc1OC)c1ccccc1. The molecule has 0 radical (unpaired) electrons. The van der Waals surface area contributed by atoms with Crippen LogP contribution in [0.4, 0.5) is 11.4 Å². The summed E-state index contributed by atoms with van der Waals surface area (Å²) in [7, 11) is 1.64. The first-order valence-corrected chi connectivity index (χ1v) is 9.42. The fourth-order valence-corrected chi connectivity index (χ4v) is 3.92. The normalized spacial score (nSPS) is 20.1. The van der Waals surface area contributed by atoms with Gasteiger partial charge in [0.1, 0.15) is 17.5 Å². The highest BCUT2D eigenvalue weighted by atomic mass is 16.5. The predicted octanol–water partition coefficient (Wildman–Crippen LogP) is 4.54. The zero-order valence-corrected chi connectivity index (χ0v) is 16.0. The van der Waals surface area contributed by atoms with Gasteiger partial charge in [-0.3, -0.25) is 9.78 Å². The highest BCUT2D eigenvalue weighted by Crippen LogP contribution is 2.49. The Bertz CT molecular complexity index is 990. The van der Waals surface area contributed by atoms with E-state index in [1.165, 1.54) is 0 Å². The molecule has 0 saturated carbocycles. The number of pyridine rings is 1. The Morgan fingerprint density at radius 1 is 1.11 bits per heavy atom. The number of Topliss-reactive ketones (excluding diaryl/α,β-unsaturated/α-hetero) is 1. The van der Waals surface area contributed by atoms with Crippen molar-refractivity contribution in [2.75, 3.05) is 17.7 Å². The summed E-state index contributed by atoms with van der Waals surface area (Å²) in [6.45, 7) is 1.89. The molecule has 2 atom stereocenters. The molecule has 5 nitrogen and oxygen atoms in total. The van der Waals surface area contributed by atoms with E-state index in [4.69, 9.17) is 4.74 Å². The number of aromatic nitrogens is 1. The first kappa shape index (κ1) is 18.0. The third-order valence-corrected chi connectivity index (χ3v) is 5.22. The number of anilines is 2. The van der Waals surface area contributed by atoms with E-state index in [1.807, 2.05) is 73.7 Å². The van der Waals surface area contributed by atoms with Gasteiger partial charge in [0, 0.05) is 12.6 Å². The largest absolute Gasteiger partial charge is 0.495 e. The molecule has 0 aliphatic carbocycles. The molecule has 2 heterocycles. The minimum Gasteiger partial charge on any atom is -0.495 e. The van der Waals surface area contributed by atoms with Crippen molar-refractivity contribution >= 4 is 17.2 Å². The maximum Gasteiger partial charge on any atom is 0.150 e. The van der Waals surface area contributed by atoms with Crippen molar-refractivity contribution in [3.05, 3.63) is 84.2 Å². The number of carbonyl (C=O) groups is 1. The zero-order valence-electron chi connectivity index (χ0n) is 16.0. The maximum atomic E-state index is 13.2. The average molecular weight is 373 g/mol. The molecule has 3 aromatic rings. The van der Waals surface area contributed by atoms with Crippen LogP contribution in [-0.2, 0) is 10.5 Å². The van der Waals surface area contributed by atoms with E-state index in [0.717, 1.165) is 22.6 Å². The van der Waals surface area contributed by atoms with Crippen LogP contribution in [-0.4, -0.2) is 17.9 Å². The van der Waals surface area contributed by atoms with Gasteiger partial charge in [-0.05, 0) is 29.8 Å². The second-order valence-electron chi connectivity index (χ2n) is 6.81. The fraction of sp³-hybridized carbons (Fsp3) is 0.217. The molecule has 4 rings (SSSR count). The molecule has 0 bridgehead atoms. The molecule has 2 N–H and O–H groups in total. The summed E-state index contributed by atoms with van der Waals surface area (Å²) < 4.78 is 5.54. The molecule has 0 fully saturated rings. The van der Waals surface area contributed by atoms with E-state index in [-0.39, 0.29) is 5.78 Å². The molecule has 2 aromatic carbocycles. The molecular formula is C23H23N3O2. The Kier molecular flexibility index (Phi) is 4.74. The van der Waals surface area contributed by atoms with Crippen LogP contribution in [0.1, 0.15) is 30.5 Å². The Morgan fingerprint density at radius 3 is 2.61 bits per heavy atom. The monoisotopic (exact) mass is 373 g/mol. The van der Waals surface area contributed by atoms with E-state index in [1.54, 1.807) is 13.3 Å². The standard InChI is InChI=1S/C23H23N3O2/c1-3-19(27)21-22-18(13-9-15-24-22)26-23(21,16-10-5-4-6-11-16)25-17-12-7-8-14-20(17)28-2/h4-15,21,25-26H,3H2,1-2H3. The van der Waals surface area contributed by atoms with Crippen LogP contribution >= 0.6 is 0 Å². The number of benzene rings is 2. The van der Waals surface area contributed by atoms with Gasteiger partial charge in [0.25, 0.3) is 0 Å². The topological polar surface area (TPSA) is 63.2 Å². The molecule has 1 aliphatic heterocycles. The van der Waals surface area contributed by atoms with Crippen molar-refractivity contribution in [1.82, 2.24) is 4.98 Å². The van der Waals surface area contributed by atoms with Gasteiger partial charge >= 0.3 is 0 Å².